The number of hydrogen-bond donors (Lipinski definition) is 1. The van der Waals surface area contributed by atoms with E-state index in [0.717, 1.165) is 5.56 Å². The molecule has 0 aliphatic heterocycles. The van der Waals surface area contributed by atoms with Crippen LogP contribution in [0.2, 0.25) is 0 Å². The SMILES string of the molecule is Cc1cccc(NC(=O)[C@@H](C)OC(=O)c2ccc(-c3ccc([N+](=O)[O-])cc3)o2)c1. The van der Waals surface area contributed by atoms with Gasteiger partial charge in [0.1, 0.15) is 5.76 Å². The van der Waals surface area contributed by atoms with Gasteiger partial charge < -0.3 is 14.5 Å². The van der Waals surface area contributed by atoms with E-state index in [1.54, 1.807) is 18.2 Å². The highest BCUT2D eigenvalue weighted by Gasteiger charge is 2.22. The molecule has 2 aromatic carbocycles. The number of benzene rings is 2. The topological polar surface area (TPSA) is 112 Å². The quantitative estimate of drug-likeness (QED) is 0.378. The third-order valence-electron chi connectivity index (χ3n) is 4.11. The molecule has 0 spiro atoms. The lowest BCUT2D eigenvalue weighted by molar-refractivity contribution is -0.384. The zero-order valence-corrected chi connectivity index (χ0v) is 15.7. The molecular weight excluding hydrogens is 376 g/mol. The molecule has 3 rings (SSSR count). The molecule has 8 heteroatoms. The molecule has 1 aromatic heterocycles. The van der Waals surface area contributed by atoms with Gasteiger partial charge in [-0.2, -0.15) is 0 Å². The number of nitrogens with one attached hydrogen (secondary N) is 1. The van der Waals surface area contributed by atoms with Crippen LogP contribution in [0.5, 0.6) is 0 Å². The van der Waals surface area contributed by atoms with Crippen molar-refractivity contribution in [1.82, 2.24) is 0 Å². The molecule has 0 fully saturated rings. The van der Waals surface area contributed by atoms with Gasteiger partial charge in [0, 0.05) is 23.4 Å². The Morgan fingerprint density at radius 1 is 1.10 bits per heavy atom. The first kappa shape index (κ1) is 19.8. The van der Waals surface area contributed by atoms with Crippen molar-refractivity contribution in [2.75, 3.05) is 5.32 Å². The number of carbonyl (C=O) groups is 2. The summed E-state index contributed by atoms with van der Waals surface area (Å²) in [4.78, 5) is 34.7. The van der Waals surface area contributed by atoms with E-state index < -0.39 is 22.9 Å². The normalized spacial score (nSPS) is 11.5. The maximum atomic E-state index is 12.3. The lowest BCUT2D eigenvalue weighted by Crippen LogP contribution is -2.29. The number of aryl methyl sites for hydroxylation is 1. The summed E-state index contributed by atoms with van der Waals surface area (Å²) in [5.41, 5.74) is 2.12. The van der Waals surface area contributed by atoms with Crippen LogP contribution in [0, 0.1) is 17.0 Å². The van der Waals surface area contributed by atoms with Gasteiger partial charge in [-0.1, -0.05) is 12.1 Å². The van der Waals surface area contributed by atoms with Gasteiger partial charge in [0.05, 0.1) is 4.92 Å². The predicted molar refractivity (Wildman–Crippen MR) is 105 cm³/mol. The molecule has 1 N–H and O–H groups in total. The summed E-state index contributed by atoms with van der Waals surface area (Å²) in [7, 11) is 0. The minimum absolute atomic E-state index is 0.0478. The molecule has 1 amide bonds. The lowest BCUT2D eigenvalue weighted by Gasteiger charge is -2.13. The monoisotopic (exact) mass is 394 g/mol. The van der Waals surface area contributed by atoms with E-state index in [9.17, 15) is 19.7 Å². The third-order valence-corrected chi connectivity index (χ3v) is 4.11. The fourth-order valence-corrected chi connectivity index (χ4v) is 2.59. The fourth-order valence-electron chi connectivity index (χ4n) is 2.59. The van der Waals surface area contributed by atoms with Crippen molar-refractivity contribution in [3.8, 4) is 11.3 Å². The molecule has 0 saturated carbocycles. The summed E-state index contributed by atoms with van der Waals surface area (Å²) in [5, 5.41) is 13.4. The third kappa shape index (κ3) is 4.86. The number of nitro benzene ring substituents is 1. The van der Waals surface area contributed by atoms with Crippen LogP contribution < -0.4 is 5.32 Å². The molecule has 0 bridgehead atoms. The molecular formula is C21H18N2O6. The number of hydrogen-bond acceptors (Lipinski definition) is 6. The van der Waals surface area contributed by atoms with Crippen LogP contribution in [0.1, 0.15) is 23.0 Å². The van der Waals surface area contributed by atoms with Crippen LogP contribution in [0.3, 0.4) is 0 Å². The zero-order chi connectivity index (χ0) is 21.0. The van der Waals surface area contributed by atoms with Crippen LogP contribution in [0.4, 0.5) is 11.4 Å². The van der Waals surface area contributed by atoms with E-state index in [-0.39, 0.29) is 11.4 Å². The molecule has 0 aliphatic rings. The Morgan fingerprint density at radius 2 is 1.83 bits per heavy atom. The number of ether oxygens (including phenoxy) is 1. The maximum Gasteiger partial charge on any atom is 0.375 e. The molecule has 0 aliphatic carbocycles. The van der Waals surface area contributed by atoms with Crippen LogP contribution >= 0.6 is 0 Å². The summed E-state index contributed by atoms with van der Waals surface area (Å²) in [6.45, 7) is 3.36. The van der Waals surface area contributed by atoms with Crippen molar-refractivity contribution >= 4 is 23.3 Å². The van der Waals surface area contributed by atoms with E-state index >= 15 is 0 Å². The number of esters is 1. The number of non-ortho nitro benzene ring substituents is 1. The minimum atomic E-state index is -1.03. The van der Waals surface area contributed by atoms with Crippen molar-refractivity contribution in [3.05, 3.63) is 82.1 Å². The largest absolute Gasteiger partial charge is 0.449 e. The molecule has 148 valence electrons. The average molecular weight is 394 g/mol. The summed E-state index contributed by atoms with van der Waals surface area (Å²) in [5.74, 6) is -0.978. The standard InChI is InChI=1S/C21H18N2O6/c1-13-4-3-5-16(12-13)22-20(24)14(2)28-21(25)19-11-10-18(29-19)15-6-8-17(9-7-15)23(26)27/h3-12,14H,1-2H3,(H,22,24)/t14-/m1/s1. The molecule has 8 nitrogen and oxygen atoms in total. The second-order valence-corrected chi connectivity index (χ2v) is 6.37. The molecule has 0 radical (unpaired) electrons. The highest BCUT2D eigenvalue weighted by atomic mass is 16.6. The first-order valence-corrected chi connectivity index (χ1v) is 8.76. The molecule has 0 unspecified atom stereocenters. The zero-order valence-electron chi connectivity index (χ0n) is 15.7. The van der Waals surface area contributed by atoms with Crippen molar-refractivity contribution in [2.45, 2.75) is 20.0 Å². The molecule has 29 heavy (non-hydrogen) atoms. The number of anilines is 1. The second kappa shape index (κ2) is 8.39. The molecule has 3 aromatic rings. The van der Waals surface area contributed by atoms with E-state index in [1.807, 2.05) is 19.1 Å². The first-order valence-electron chi connectivity index (χ1n) is 8.76. The number of nitro groups is 1. The van der Waals surface area contributed by atoms with Gasteiger partial charge in [0.25, 0.3) is 11.6 Å². The van der Waals surface area contributed by atoms with Crippen molar-refractivity contribution in [1.29, 1.82) is 0 Å². The first-order chi connectivity index (χ1) is 13.8. The Balaban J connectivity index is 1.63. The van der Waals surface area contributed by atoms with Gasteiger partial charge in [0.2, 0.25) is 5.76 Å². The van der Waals surface area contributed by atoms with Gasteiger partial charge in [-0.15, -0.1) is 0 Å². The van der Waals surface area contributed by atoms with Gasteiger partial charge in [0.15, 0.2) is 6.10 Å². The van der Waals surface area contributed by atoms with Gasteiger partial charge in [-0.3, -0.25) is 14.9 Å². The number of furan rings is 1. The van der Waals surface area contributed by atoms with Gasteiger partial charge in [-0.25, -0.2) is 4.79 Å². The molecule has 1 heterocycles. The average Bonchev–Trinajstić information content (AvgIpc) is 3.18. The number of carbonyl (C=O) groups excluding carboxylic acids is 2. The smallest absolute Gasteiger partial charge is 0.375 e. The summed E-state index contributed by atoms with van der Waals surface area (Å²) >= 11 is 0. The van der Waals surface area contributed by atoms with Crippen LogP contribution in [0.15, 0.2) is 65.1 Å². The van der Waals surface area contributed by atoms with Crippen LogP contribution in [0.25, 0.3) is 11.3 Å². The number of rotatable bonds is 6. The van der Waals surface area contributed by atoms with Crippen LogP contribution in [-0.2, 0) is 9.53 Å². The Morgan fingerprint density at radius 3 is 2.48 bits per heavy atom. The maximum absolute atomic E-state index is 12.3. The van der Waals surface area contributed by atoms with Gasteiger partial charge in [-0.05, 0) is 55.8 Å². The van der Waals surface area contributed by atoms with E-state index in [2.05, 4.69) is 5.32 Å². The fraction of sp³-hybridized carbons (Fsp3) is 0.143. The Hall–Kier alpha value is -3.94. The Labute approximate surface area is 166 Å². The second-order valence-electron chi connectivity index (χ2n) is 6.37. The minimum Gasteiger partial charge on any atom is -0.449 e. The Kier molecular flexibility index (Phi) is 5.73. The summed E-state index contributed by atoms with van der Waals surface area (Å²) < 4.78 is 10.6. The van der Waals surface area contributed by atoms with Gasteiger partial charge >= 0.3 is 5.97 Å². The van der Waals surface area contributed by atoms with E-state index in [0.29, 0.717) is 17.0 Å². The predicted octanol–water partition coefficient (Wildman–Crippen LogP) is 4.35. The Bertz CT molecular complexity index is 1060. The van der Waals surface area contributed by atoms with Crippen LogP contribution in [-0.4, -0.2) is 22.9 Å². The number of nitrogens with zero attached hydrogens (tertiary/aromatic N) is 1. The lowest BCUT2D eigenvalue weighted by atomic mass is 10.1. The van der Waals surface area contributed by atoms with Crippen molar-refractivity contribution < 1.29 is 23.7 Å². The number of amides is 1. The van der Waals surface area contributed by atoms with E-state index in [1.165, 1.54) is 37.3 Å². The van der Waals surface area contributed by atoms with Crippen molar-refractivity contribution in [3.63, 3.8) is 0 Å². The highest BCUT2D eigenvalue weighted by molar-refractivity contribution is 5.96. The molecule has 1 atom stereocenters. The highest BCUT2D eigenvalue weighted by Crippen LogP contribution is 2.25. The summed E-state index contributed by atoms with van der Waals surface area (Å²) in [6.07, 6.45) is -1.03. The van der Waals surface area contributed by atoms with E-state index in [4.69, 9.17) is 9.15 Å². The van der Waals surface area contributed by atoms with Crippen molar-refractivity contribution in [2.24, 2.45) is 0 Å². The molecule has 0 saturated heterocycles. The summed E-state index contributed by atoms with van der Waals surface area (Å²) in [6, 6.07) is 15.9.